The summed E-state index contributed by atoms with van der Waals surface area (Å²) in [6.07, 6.45) is -1.79. The lowest BCUT2D eigenvalue weighted by molar-refractivity contribution is -0.144. The monoisotopic (exact) mass is 855 g/mol. The van der Waals surface area contributed by atoms with E-state index in [2.05, 4.69) is 31.9 Å². The maximum atomic E-state index is 14.2. The average Bonchev–Trinajstić information content (AvgIpc) is 3.44. The SMILES string of the molecule is CC(=O)NC1CSSCC(C(=O)O)NC(=O)C(CC(=O)O)NC(=O)CNC(=O)C(Cc2ccc(N)cc2)NC(=O)C2N(CSC2(C)C)C(=O)C(CC(N)=O)NC1=O. The van der Waals surface area contributed by atoms with E-state index in [0.29, 0.717) is 11.3 Å². The summed E-state index contributed by atoms with van der Waals surface area (Å²) in [5.74, 6) is -11.0. The second-order valence-corrected chi connectivity index (χ2v) is 17.6. The Morgan fingerprint density at radius 3 is 2.07 bits per heavy atom. The number of hydrogen-bond acceptors (Lipinski definition) is 14. The van der Waals surface area contributed by atoms with Gasteiger partial charge in [-0.15, -0.1) is 11.8 Å². The Balaban J connectivity index is 2.06. The number of aliphatic carboxylic acids is 2. The van der Waals surface area contributed by atoms with E-state index in [4.69, 9.17) is 11.5 Å². The molecule has 3 rings (SSSR count). The van der Waals surface area contributed by atoms with Crippen LogP contribution >= 0.6 is 33.3 Å². The molecule has 0 radical (unpaired) electrons. The Morgan fingerprint density at radius 2 is 1.47 bits per heavy atom. The van der Waals surface area contributed by atoms with Crippen molar-refractivity contribution in [1.29, 1.82) is 0 Å². The van der Waals surface area contributed by atoms with Crippen LogP contribution in [0.15, 0.2) is 24.3 Å². The van der Waals surface area contributed by atoms with E-state index in [-0.39, 0.29) is 23.8 Å². The van der Waals surface area contributed by atoms with Gasteiger partial charge in [-0.05, 0) is 31.5 Å². The molecule has 0 saturated carbocycles. The number of anilines is 1. The zero-order valence-corrected chi connectivity index (χ0v) is 33.5. The zero-order valence-electron chi connectivity index (χ0n) is 31.0. The van der Waals surface area contributed by atoms with Crippen molar-refractivity contribution in [2.45, 2.75) is 81.0 Å². The highest BCUT2D eigenvalue weighted by Gasteiger charge is 2.50. The van der Waals surface area contributed by atoms with Gasteiger partial charge in [-0.3, -0.25) is 43.2 Å². The summed E-state index contributed by atoms with van der Waals surface area (Å²) >= 11 is 1.20. The fraction of sp³-hybridized carbons (Fsp3) is 0.515. The molecule has 2 fully saturated rings. The summed E-state index contributed by atoms with van der Waals surface area (Å²) in [4.78, 5) is 130. The minimum Gasteiger partial charge on any atom is -0.481 e. The van der Waals surface area contributed by atoms with Gasteiger partial charge in [-0.2, -0.15) is 0 Å². The summed E-state index contributed by atoms with van der Waals surface area (Å²) in [5.41, 5.74) is 12.2. The molecule has 6 atom stereocenters. The van der Waals surface area contributed by atoms with Crippen LogP contribution in [0, 0.1) is 0 Å². The minimum absolute atomic E-state index is 0.0827. The van der Waals surface area contributed by atoms with Crippen molar-refractivity contribution in [1.82, 2.24) is 36.8 Å². The number of amides is 8. The quantitative estimate of drug-likeness (QED) is 0.0914. The number of fused-ring (bicyclic) bond motifs is 1. The largest absolute Gasteiger partial charge is 0.481 e. The molecule has 24 heteroatoms. The predicted octanol–water partition coefficient (Wildman–Crippen LogP) is -3.12. The van der Waals surface area contributed by atoms with E-state index < -0.39 is 120 Å². The van der Waals surface area contributed by atoms with E-state index in [1.165, 1.54) is 11.8 Å². The molecule has 2 aliphatic heterocycles. The van der Waals surface area contributed by atoms with Crippen LogP contribution in [0.3, 0.4) is 0 Å². The van der Waals surface area contributed by atoms with Crippen LogP contribution in [0.4, 0.5) is 5.69 Å². The van der Waals surface area contributed by atoms with E-state index in [1.54, 1.807) is 38.1 Å². The summed E-state index contributed by atoms with van der Waals surface area (Å²) in [6, 6.07) is -2.71. The molecule has 1 aromatic rings. The molecule has 6 unspecified atom stereocenters. The molecule has 0 aromatic heterocycles. The maximum absolute atomic E-state index is 14.2. The molecule has 2 aliphatic rings. The number of carbonyl (C=O) groups is 10. The van der Waals surface area contributed by atoms with Crippen LogP contribution in [-0.2, 0) is 54.4 Å². The fourth-order valence-electron chi connectivity index (χ4n) is 5.66. The van der Waals surface area contributed by atoms with Gasteiger partial charge in [0.25, 0.3) is 0 Å². The van der Waals surface area contributed by atoms with Crippen LogP contribution in [0.5, 0.6) is 0 Å². The van der Waals surface area contributed by atoms with Gasteiger partial charge in [-0.1, -0.05) is 33.7 Å². The second kappa shape index (κ2) is 20.8. The highest BCUT2D eigenvalue weighted by molar-refractivity contribution is 8.76. The number of nitrogens with zero attached hydrogens (tertiary/aromatic N) is 1. The molecule has 0 aliphatic carbocycles. The Labute approximate surface area is 338 Å². The molecule has 2 saturated heterocycles. The number of primary amides is 1. The van der Waals surface area contributed by atoms with Gasteiger partial charge in [0.2, 0.25) is 47.3 Å². The lowest BCUT2D eigenvalue weighted by Gasteiger charge is -2.33. The normalized spacial score (nSPS) is 25.7. The lowest BCUT2D eigenvalue weighted by Crippen LogP contribution is -2.61. The number of thioether (sulfide) groups is 1. The van der Waals surface area contributed by atoms with Crippen LogP contribution in [0.1, 0.15) is 39.2 Å². The second-order valence-electron chi connectivity index (χ2n) is 13.5. The molecule has 0 bridgehead atoms. The van der Waals surface area contributed by atoms with E-state index in [9.17, 15) is 58.2 Å². The number of nitrogens with one attached hydrogen (secondary N) is 6. The Bertz CT molecular complexity index is 1750. The highest BCUT2D eigenvalue weighted by atomic mass is 33.1. The first-order chi connectivity index (χ1) is 26.7. The van der Waals surface area contributed by atoms with Crippen LogP contribution in [0.2, 0.25) is 0 Å². The van der Waals surface area contributed by atoms with Gasteiger partial charge in [0.15, 0.2) is 0 Å². The molecule has 57 heavy (non-hydrogen) atoms. The number of nitrogen functional groups attached to an aromatic ring is 1. The molecule has 8 amide bonds. The van der Waals surface area contributed by atoms with Crippen molar-refractivity contribution in [3.8, 4) is 0 Å². The van der Waals surface area contributed by atoms with Crippen molar-refractivity contribution in [2.75, 3.05) is 29.7 Å². The third-order valence-electron chi connectivity index (χ3n) is 8.46. The van der Waals surface area contributed by atoms with Crippen molar-refractivity contribution >= 4 is 98.2 Å². The van der Waals surface area contributed by atoms with Gasteiger partial charge < -0.3 is 58.5 Å². The highest BCUT2D eigenvalue weighted by Crippen LogP contribution is 2.40. The number of carbonyl (C=O) groups excluding carboxylic acids is 8. The Morgan fingerprint density at radius 1 is 0.842 bits per heavy atom. The Kier molecular flexibility index (Phi) is 16.8. The third kappa shape index (κ3) is 14.0. The molecular formula is C33H45N9O12S3. The fourth-order valence-corrected chi connectivity index (χ4v) is 9.12. The predicted molar refractivity (Wildman–Crippen MR) is 209 cm³/mol. The first kappa shape index (κ1) is 46.2. The molecule has 2 heterocycles. The topological polar surface area (TPSA) is 339 Å². The number of hydrogen-bond donors (Lipinski definition) is 10. The maximum Gasteiger partial charge on any atom is 0.327 e. The van der Waals surface area contributed by atoms with Gasteiger partial charge in [-0.25, -0.2) is 4.79 Å². The van der Waals surface area contributed by atoms with Crippen LogP contribution in [-0.4, -0.2) is 139 Å². The van der Waals surface area contributed by atoms with Gasteiger partial charge in [0, 0.05) is 35.3 Å². The van der Waals surface area contributed by atoms with Crippen molar-refractivity contribution in [3.05, 3.63) is 29.8 Å². The van der Waals surface area contributed by atoms with E-state index in [1.807, 2.05) is 0 Å². The van der Waals surface area contributed by atoms with Crippen molar-refractivity contribution in [3.63, 3.8) is 0 Å². The van der Waals surface area contributed by atoms with Crippen molar-refractivity contribution in [2.24, 2.45) is 5.73 Å². The Hall–Kier alpha value is -5.23. The number of benzene rings is 1. The molecule has 312 valence electrons. The standard InChI is InChI=1S/C33H45N9O12S3/c1-15(43)37-21-12-56-57-13-22(32(53)54)41-28(49)19(10-25(46)47)38-24(45)11-36-27(48)18(8-16-4-6-17(34)7-5-16)39-30(51)26-33(2,3)55-14-42(26)31(52)20(9-23(35)44)40-29(21)50/h4-7,18-22,26H,8-14,34H2,1-3H3,(H2,35,44)(H,36,48)(H,37,43)(H,38,45)(H,39,51)(H,40,50)(H,41,49)(H,46,47)(H,53,54). The van der Waals surface area contributed by atoms with Crippen molar-refractivity contribution < 1.29 is 58.2 Å². The third-order valence-corrected chi connectivity index (χ3v) is 12.3. The molecular weight excluding hydrogens is 811 g/mol. The van der Waals surface area contributed by atoms with E-state index >= 15 is 0 Å². The van der Waals surface area contributed by atoms with Gasteiger partial charge >= 0.3 is 11.9 Å². The van der Waals surface area contributed by atoms with Gasteiger partial charge in [0.1, 0.15) is 36.3 Å². The summed E-state index contributed by atoms with van der Waals surface area (Å²) in [5, 5.41) is 33.4. The molecule has 0 spiro atoms. The summed E-state index contributed by atoms with van der Waals surface area (Å²) < 4.78 is -0.991. The van der Waals surface area contributed by atoms with E-state index in [0.717, 1.165) is 33.4 Å². The average molecular weight is 856 g/mol. The number of rotatable bonds is 8. The number of carboxylic acids is 2. The zero-order chi connectivity index (χ0) is 42.6. The molecule has 21 nitrogen and oxygen atoms in total. The number of nitrogens with two attached hydrogens (primary N) is 2. The van der Waals surface area contributed by atoms with Gasteiger partial charge in [0.05, 0.1) is 25.3 Å². The number of carboxylic acid groups (broad SMARTS) is 2. The minimum atomic E-state index is -1.77. The van der Waals surface area contributed by atoms with Crippen LogP contribution in [0.25, 0.3) is 0 Å². The summed E-state index contributed by atoms with van der Waals surface area (Å²) in [6.45, 7) is 3.66. The molecule has 12 N–H and O–H groups in total. The first-order valence-electron chi connectivity index (χ1n) is 17.2. The lowest BCUT2D eigenvalue weighted by atomic mass is 9.98. The smallest absolute Gasteiger partial charge is 0.327 e. The first-order valence-corrected chi connectivity index (χ1v) is 20.7. The summed E-state index contributed by atoms with van der Waals surface area (Å²) in [7, 11) is 1.76. The van der Waals surface area contributed by atoms with Crippen LogP contribution < -0.4 is 43.4 Å². The molecule has 1 aromatic carbocycles.